The molecule has 2 heteroatoms. The van der Waals surface area contributed by atoms with Gasteiger partial charge in [0.1, 0.15) is 5.78 Å². The van der Waals surface area contributed by atoms with Crippen LogP contribution in [0.2, 0.25) is 0 Å². The quantitative estimate of drug-likeness (QED) is 0.608. The van der Waals surface area contributed by atoms with Crippen LogP contribution in [-0.4, -0.2) is 10.8 Å². The van der Waals surface area contributed by atoms with E-state index >= 15 is 0 Å². The van der Waals surface area contributed by atoms with Crippen molar-refractivity contribution in [1.82, 2.24) is 4.98 Å². The van der Waals surface area contributed by atoms with Crippen molar-refractivity contribution in [1.29, 1.82) is 0 Å². The SMILES string of the molecule is C=C1CC2(CC2)c2c(/C=C\c3ccc(CC(=O)[C@H](C)CC)nc3)ccc(C)c21. The van der Waals surface area contributed by atoms with Gasteiger partial charge in [0.2, 0.25) is 0 Å². The summed E-state index contributed by atoms with van der Waals surface area (Å²) >= 11 is 0. The van der Waals surface area contributed by atoms with Gasteiger partial charge >= 0.3 is 0 Å². The van der Waals surface area contributed by atoms with Crippen molar-refractivity contribution in [3.8, 4) is 0 Å². The molecule has 144 valence electrons. The van der Waals surface area contributed by atoms with Gasteiger partial charge in [-0.3, -0.25) is 9.78 Å². The van der Waals surface area contributed by atoms with Crippen molar-refractivity contribution in [3.05, 3.63) is 70.6 Å². The predicted molar refractivity (Wildman–Crippen MR) is 117 cm³/mol. The lowest BCUT2D eigenvalue weighted by Crippen LogP contribution is -2.13. The minimum atomic E-state index is 0.106. The van der Waals surface area contributed by atoms with E-state index in [9.17, 15) is 4.79 Å². The molecular weight excluding hydrogens is 342 g/mol. The second kappa shape index (κ2) is 7.16. The molecule has 2 nitrogen and oxygen atoms in total. The fourth-order valence-electron chi connectivity index (χ4n) is 4.46. The number of aromatic nitrogens is 1. The third kappa shape index (κ3) is 3.37. The Morgan fingerprint density at radius 1 is 1.25 bits per heavy atom. The predicted octanol–water partition coefficient (Wildman–Crippen LogP) is 6.17. The maximum atomic E-state index is 12.1. The summed E-state index contributed by atoms with van der Waals surface area (Å²) in [6.07, 6.45) is 11.2. The Balaban J connectivity index is 1.55. The molecule has 2 aliphatic carbocycles. The number of rotatable bonds is 6. The Bertz CT molecular complexity index is 961. The van der Waals surface area contributed by atoms with Crippen molar-refractivity contribution in [3.63, 3.8) is 0 Å². The zero-order valence-corrected chi connectivity index (χ0v) is 17.2. The van der Waals surface area contributed by atoms with E-state index in [4.69, 9.17) is 0 Å². The van der Waals surface area contributed by atoms with Crippen molar-refractivity contribution in [2.75, 3.05) is 0 Å². The molecule has 0 N–H and O–H groups in total. The van der Waals surface area contributed by atoms with Crippen LogP contribution in [0.5, 0.6) is 0 Å². The number of hydrogen-bond donors (Lipinski definition) is 0. The zero-order valence-electron chi connectivity index (χ0n) is 17.2. The molecule has 1 heterocycles. The van der Waals surface area contributed by atoms with Crippen LogP contribution in [0.15, 0.2) is 37.0 Å². The van der Waals surface area contributed by atoms with Crippen LogP contribution < -0.4 is 0 Å². The van der Waals surface area contributed by atoms with E-state index in [1.54, 1.807) is 0 Å². The monoisotopic (exact) mass is 371 g/mol. The normalized spacial score (nSPS) is 17.9. The first kappa shape index (κ1) is 18.9. The van der Waals surface area contributed by atoms with Crippen molar-refractivity contribution >= 4 is 23.5 Å². The van der Waals surface area contributed by atoms with Crippen LogP contribution in [0.1, 0.15) is 73.0 Å². The van der Waals surface area contributed by atoms with E-state index in [2.05, 4.69) is 48.8 Å². The molecule has 4 rings (SSSR count). The molecule has 1 fully saturated rings. The van der Waals surface area contributed by atoms with Crippen LogP contribution in [0, 0.1) is 12.8 Å². The molecule has 28 heavy (non-hydrogen) atoms. The summed E-state index contributed by atoms with van der Waals surface area (Å²) < 4.78 is 0. The number of hydrogen-bond acceptors (Lipinski definition) is 2. The molecule has 0 radical (unpaired) electrons. The highest BCUT2D eigenvalue weighted by Crippen LogP contribution is 2.61. The Morgan fingerprint density at radius 3 is 2.68 bits per heavy atom. The topological polar surface area (TPSA) is 30.0 Å². The van der Waals surface area contributed by atoms with Gasteiger partial charge in [0.15, 0.2) is 0 Å². The summed E-state index contributed by atoms with van der Waals surface area (Å²) in [5, 5.41) is 0. The van der Waals surface area contributed by atoms with Gasteiger partial charge in [0, 0.05) is 29.6 Å². The highest BCUT2D eigenvalue weighted by atomic mass is 16.1. The number of Topliss-reactive ketones (excluding diaryl/α,β-unsaturated/α-hetero) is 1. The average molecular weight is 372 g/mol. The summed E-state index contributed by atoms with van der Waals surface area (Å²) in [4.78, 5) is 16.6. The Labute approximate surface area is 168 Å². The van der Waals surface area contributed by atoms with Gasteiger partial charge in [-0.25, -0.2) is 0 Å². The fourth-order valence-corrected chi connectivity index (χ4v) is 4.46. The summed E-state index contributed by atoms with van der Waals surface area (Å²) in [6, 6.07) is 8.50. The maximum absolute atomic E-state index is 12.1. The minimum Gasteiger partial charge on any atom is -0.299 e. The number of nitrogens with zero attached hydrogens (tertiary/aromatic N) is 1. The summed E-state index contributed by atoms with van der Waals surface area (Å²) in [6.45, 7) is 10.6. The molecule has 1 aromatic heterocycles. The lowest BCUT2D eigenvalue weighted by atomic mass is 9.91. The van der Waals surface area contributed by atoms with Gasteiger partial charge in [-0.2, -0.15) is 0 Å². The van der Waals surface area contributed by atoms with Gasteiger partial charge in [-0.05, 0) is 72.1 Å². The second-order valence-electron chi connectivity index (χ2n) is 8.65. The molecule has 2 aromatic rings. The van der Waals surface area contributed by atoms with Crippen molar-refractivity contribution in [2.45, 2.75) is 58.3 Å². The Hall–Kier alpha value is -2.48. The minimum absolute atomic E-state index is 0.106. The fraction of sp³-hybridized carbons (Fsp3) is 0.385. The van der Waals surface area contributed by atoms with Crippen LogP contribution in [0.25, 0.3) is 17.7 Å². The van der Waals surface area contributed by atoms with Crippen LogP contribution >= 0.6 is 0 Å². The van der Waals surface area contributed by atoms with Gasteiger partial charge < -0.3 is 0 Å². The summed E-state index contributed by atoms with van der Waals surface area (Å²) in [5.41, 5.74) is 9.15. The molecule has 2 aliphatic rings. The van der Waals surface area contributed by atoms with E-state index < -0.39 is 0 Å². The number of allylic oxidation sites excluding steroid dienone is 1. The molecule has 0 saturated heterocycles. The van der Waals surface area contributed by atoms with Crippen molar-refractivity contribution < 1.29 is 4.79 Å². The molecule has 0 aliphatic heterocycles. The lowest BCUT2D eigenvalue weighted by Gasteiger charge is -2.13. The Kier molecular flexibility index (Phi) is 4.82. The van der Waals surface area contributed by atoms with Gasteiger partial charge in [-0.15, -0.1) is 0 Å². The maximum Gasteiger partial charge on any atom is 0.141 e. The van der Waals surface area contributed by atoms with E-state index in [1.165, 1.54) is 40.7 Å². The lowest BCUT2D eigenvalue weighted by molar-refractivity contribution is -0.121. The van der Waals surface area contributed by atoms with E-state index in [1.807, 2.05) is 26.1 Å². The van der Waals surface area contributed by atoms with Crippen LogP contribution in [-0.2, 0) is 16.6 Å². The van der Waals surface area contributed by atoms with E-state index in [0.29, 0.717) is 11.8 Å². The number of benzene rings is 1. The molecule has 1 atom stereocenters. The number of carbonyl (C=O) groups is 1. The first-order valence-electron chi connectivity index (χ1n) is 10.4. The van der Waals surface area contributed by atoms with E-state index in [0.717, 1.165) is 24.1 Å². The average Bonchev–Trinajstić information content (AvgIpc) is 3.40. The molecule has 1 spiro atoms. The van der Waals surface area contributed by atoms with Crippen molar-refractivity contribution in [2.24, 2.45) is 5.92 Å². The first-order chi connectivity index (χ1) is 13.4. The van der Waals surface area contributed by atoms with Gasteiger partial charge in [0.25, 0.3) is 0 Å². The third-order valence-electron chi connectivity index (χ3n) is 6.56. The molecule has 0 unspecified atom stereocenters. The molecule has 0 bridgehead atoms. The molecule has 1 aromatic carbocycles. The number of carbonyl (C=O) groups excluding carboxylic acids is 1. The van der Waals surface area contributed by atoms with Crippen LogP contribution in [0.4, 0.5) is 0 Å². The summed E-state index contributed by atoms with van der Waals surface area (Å²) in [7, 11) is 0. The Morgan fingerprint density at radius 2 is 2.04 bits per heavy atom. The van der Waals surface area contributed by atoms with Gasteiger partial charge in [0.05, 0.1) is 0 Å². The number of fused-ring (bicyclic) bond motifs is 2. The van der Waals surface area contributed by atoms with Crippen LogP contribution in [0.3, 0.4) is 0 Å². The largest absolute Gasteiger partial charge is 0.299 e. The third-order valence-corrected chi connectivity index (χ3v) is 6.56. The number of pyridine rings is 1. The van der Waals surface area contributed by atoms with E-state index in [-0.39, 0.29) is 11.7 Å². The number of aryl methyl sites for hydroxylation is 1. The molecule has 1 saturated carbocycles. The zero-order chi connectivity index (χ0) is 19.9. The highest BCUT2D eigenvalue weighted by molar-refractivity contribution is 5.84. The smallest absolute Gasteiger partial charge is 0.141 e. The molecule has 0 amide bonds. The molecular formula is C26H29NO. The van der Waals surface area contributed by atoms with Gasteiger partial charge in [-0.1, -0.05) is 50.8 Å². The summed E-state index contributed by atoms with van der Waals surface area (Å²) in [5.74, 6) is 0.373. The standard InChI is InChI=1S/C26H29NO/c1-5-17(2)23(28)14-22-11-8-20(16-27-22)7-10-21-9-6-18(3)24-19(4)15-26(12-13-26)25(21)24/h6-11,16-17H,4-5,12-15H2,1-3H3/b10-7-/t17-/m1/s1. The number of ketones is 1. The highest BCUT2D eigenvalue weighted by Gasteiger charge is 2.51. The second-order valence-corrected chi connectivity index (χ2v) is 8.65. The first-order valence-corrected chi connectivity index (χ1v) is 10.4.